The minimum absolute atomic E-state index is 0.0414. The number of hydrogen-bond acceptors (Lipinski definition) is 1. The monoisotopic (exact) mass is 219 g/mol. The summed E-state index contributed by atoms with van der Waals surface area (Å²) in [6.07, 6.45) is 1.76. The summed E-state index contributed by atoms with van der Waals surface area (Å²) in [5.41, 5.74) is 1.91. The Hall–Kier alpha value is -1.64. The maximum absolute atomic E-state index is 13.4. The summed E-state index contributed by atoms with van der Waals surface area (Å²) in [6, 6.07) is 4.59. The van der Waals surface area contributed by atoms with Crippen LogP contribution in [0.15, 0.2) is 23.0 Å². The molecule has 0 atom stereocenters. The molecule has 1 aromatic heterocycles. The molecule has 1 aromatic carbocycles. The van der Waals surface area contributed by atoms with Crippen LogP contribution in [0, 0.1) is 12.7 Å². The van der Waals surface area contributed by atoms with Gasteiger partial charge in [-0.2, -0.15) is 0 Å². The van der Waals surface area contributed by atoms with Gasteiger partial charge in [0, 0.05) is 17.1 Å². The summed E-state index contributed by atoms with van der Waals surface area (Å²) in [5.74, 6) is -0.281. The summed E-state index contributed by atoms with van der Waals surface area (Å²) in [6.45, 7) is 3.70. The lowest BCUT2D eigenvalue weighted by Gasteiger charge is -2.04. The lowest BCUT2D eigenvalue weighted by atomic mass is 10.1. The van der Waals surface area contributed by atoms with Gasteiger partial charge in [0.15, 0.2) is 5.43 Å². The number of aromatic amines is 1. The van der Waals surface area contributed by atoms with Crippen molar-refractivity contribution in [1.82, 2.24) is 4.98 Å². The number of hydrogen-bond donors (Lipinski definition) is 1. The predicted octanol–water partition coefficient (Wildman–Crippen LogP) is 2.93. The van der Waals surface area contributed by atoms with Crippen molar-refractivity contribution < 1.29 is 4.39 Å². The Labute approximate surface area is 93.1 Å². The van der Waals surface area contributed by atoms with Gasteiger partial charge >= 0.3 is 0 Å². The lowest BCUT2D eigenvalue weighted by molar-refractivity contribution is 0.620. The lowest BCUT2D eigenvalue weighted by Crippen LogP contribution is -2.06. The van der Waals surface area contributed by atoms with Crippen LogP contribution in [0.3, 0.4) is 0 Å². The Morgan fingerprint density at radius 1 is 1.31 bits per heavy atom. The van der Waals surface area contributed by atoms with E-state index in [2.05, 4.69) is 4.98 Å². The van der Waals surface area contributed by atoms with Crippen LogP contribution >= 0.6 is 0 Å². The Morgan fingerprint density at radius 3 is 2.75 bits per heavy atom. The Morgan fingerprint density at radius 2 is 2.06 bits per heavy atom. The van der Waals surface area contributed by atoms with Crippen molar-refractivity contribution >= 4 is 10.9 Å². The van der Waals surface area contributed by atoms with E-state index < -0.39 is 0 Å². The number of aryl methyl sites for hydroxylation is 2. The zero-order chi connectivity index (χ0) is 11.7. The Kier molecular flexibility index (Phi) is 2.77. The van der Waals surface area contributed by atoms with E-state index in [1.165, 1.54) is 6.07 Å². The highest BCUT2D eigenvalue weighted by molar-refractivity contribution is 5.79. The molecule has 84 valence electrons. The van der Waals surface area contributed by atoms with Crippen LogP contribution in [-0.4, -0.2) is 4.98 Å². The molecule has 1 N–H and O–H groups in total. The normalized spacial score (nSPS) is 10.9. The standard InChI is InChI=1S/C13H14FNO/c1-3-4-9-6-13(16)10-5-8(2)11(14)7-12(10)15-9/h5-7H,3-4H2,1-2H3,(H,15,16). The highest BCUT2D eigenvalue weighted by Gasteiger charge is 2.05. The first-order valence-electron chi connectivity index (χ1n) is 5.44. The van der Waals surface area contributed by atoms with Gasteiger partial charge in [-0.3, -0.25) is 4.79 Å². The molecular weight excluding hydrogens is 205 g/mol. The average Bonchev–Trinajstić information content (AvgIpc) is 2.22. The van der Waals surface area contributed by atoms with Gasteiger partial charge in [-0.25, -0.2) is 4.39 Å². The molecule has 2 aromatic rings. The third kappa shape index (κ3) is 1.85. The fraction of sp³-hybridized carbons (Fsp3) is 0.308. The van der Waals surface area contributed by atoms with Crippen LogP contribution in [0.5, 0.6) is 0 Å². The molecule has 0 saturated heterocycles. The molecule has 0 aliphatic carbocycles. The van der Waals surface area contributed by atoms with E-state index in [9.17, 15) is 9.18 Å². The first-order valence-corrected chi connectivity index (χ1v) is 5.44. The van der Waals surface area contributed by atoms with Crippen molar-refractivity contribution in [3.05, 3.63) is 45.5 Å². The Bertz CT molecular complexity index is 586. The third-order valence-corrected chi connectivity index (χ3v) is 2.68. The minimum Gasteiger partial charge on any atom is -0.358 e. The second-order valence-corrected chi connectivity index (χ2v) is 4.06. The van der Waals surface area contributed by atoms with E-state index in [0.717, 1.165) is 18.5 Å². The third-order valence-electron chi connectivity index (χ3n) is 2.68. The van der Waals surface area contributed by atoms with Crippen LogP contribution in [0.25, 0.3) is 10.9 Å². The van der Waals surface area contributed by atoms with Gasteiger partial charge in [0.05, 0.1) is 5.52 Å². The molecule has 0 saturated carbocycles. The molecule has 2 nitrogen and oxygen atoms in total. The molecule has 2 rings (SSSR count). The predicted molar refractivity (Wildman–Crippen MR) is 63.3 cm³/mol. The van der Waals surface area contributed by atoms with Crippen LogP contribution in [0.1, 0.15) is 24.6 Å². The molecule has 0 radical (unpaired) electrons. The molecule has 0 unspecified atom stereocenters. The summed E-state index contributed by atoms with van der Waals surface area (Å²) < 4.78 is 13.4. The zero-order valence-electron chi connectivity index (χ0n) is 9.43. The molecule has 3 heteroatoms. The molecule has 0 aliphatic heterocycles. The molecule has 16 heavy (non-hydrogen) atoms. The summed E-state index contributed by atoms with van der Waals surface area (Å²) in [4.78, 5) is 14.9. The summed E-state index contributed by atoms with van der Waals surface area (Å²) in [5, 5.41) is 0.554. The van der Waals surface area contributed by atoms with Crippen LogP contribution in [0.4, 0.5) is 4.39 Å². The summed E-state index contributed by atoms with van der Waals surface area (Å²) >= 11 is 0. The molecule has 0 spiro atoms. The van der Waals surface area contributed by atoms with Crippen molar-refractivity contribution in [1.29, 1.82) is 0 Å². The number of nitrogens with one attached hydrogen (secondary N) is 1. The van der Waals surface area contributed by atoms with Gasteiger partial charge in [-0.05, 0) is 31.0 Å². The zero-order valence-corrected chi connectivity index (χ0v) is 9.43. The van der Waals surface area contributed by atoms with E-state index in [0.29, 0.717) is 16.5 Å². The summed E-state index contributed by atoms with van der Waals surface area (Å²) in [7, 11) is 0. The smallest absolute Gasteiger partial charge is 0.189 e. The SMILES string of the molecule is CCCc1cc(=O)c2cc(C)c(F)cc2[nH]1. The van der Waals surface area contributed by atoms with E-state index in [4.69, 9.17) is 0 Å². The second-order valence-electron chi connectivity index (χ2n) is 4.06. The number of benzene rings is 1. The molecule has 0 bridgehead atoms. The molecular formula is C13H14FNO. The van der Waals surface area contributed by atoms with E-state index in [1.54, 1.807) is 19.1 Å². The minimum atomic E-state index is -0.281. The van der Waals surface area contributed by atoms with E-state index in [1.807, 2.05) is 6.92 Å². The van der Waals surface area contributed by atoms with Crippen LogP contribution in [-0.2, 0) is 6.42 Å². The number of H-pyrrole nitrogens is 1. The van der Waals surface area contributed by atoms with Crippen molar-refractivity contribution in [2.24, 2.45) is 0 Å². The number of rotatable bonds is 2. The van der Waals surface area contributed by atoms with Gasteiger partial charge in [0.2, 0.25) is 0 Å². The molecule has 0 aliphatic rings. The number of fused-ring (bicyclic) bond motifs is 1. The van der Waals surface area contributed by atoms with Gasteiger partial charge in [0.25, 0.3) is 0 Å². The number of aromatic nitrogens is 1. The van der Waals surface area contributed by atoms with Crippen molar-refractivity contribution in [2.75, 3.05) is 0 Å². The van der Waals surface area contributed by atoms with E-state index >= 15 is 0 Å². The highest BCUT2D eigenvalue weighted by atomic mass is 19.1. The quantitative estimate of drug-likeness (QED) is 0.827. The highest BCUT2D eigenvalue weighted by Crippen LogP contribution is 2.15. The first kappa shape index (κ1) is 10.9. The maximum Gasteiger partial charge on any atom is 0.189 e. The van der Waals surface area contributed by atoms with Gasteiger partial charge in [0.1, 0.15) is 5.82 Å². The fourth-order valence-corrected chi connectivity index (χ4v) is 1.84. The molecule has 1 heterocycles. The first-order chi connectivity index (χ1) is 7.61. The average molecular weight is 219 g/mol. The molecule has 0 amide bonds. The van der Waals surface area contributed by atoms with Crippen molar-refractivity contribution in [3.63, 3.8) is 0 Å². The fourth-order valence-electron chi connectivity index (χ4n) is 1.84. The van der Waals surface area contributed by atoms with Gasteiger partial charge < -0.3 is 4.98 Å². The topological polar surface area (TPSA) is 32.9 Å². The van der Waals surface area contributed by atoms with Gasteiger partial charge in [-0.15, -0.1) is 0 Å². The molecule has 0 fully saturated rings. The maximum atomic E-state index is 13.4. The van der Waals surface area contributed by atoms with Crippen molar-refractivity contribution in [3.8, 4) is 0 Å². The van der Waals surface area contributed by atoms with Crippen LogP contribution < -0.4 is 5.43 Å². The second kappa shape index (κ2) is 4.08. The van der Waals surface area contributed by atoms with Gasteiger partial charge in [-0.1, -0.05) is 13.3 Å². The largest absolute Gasteiger partial charge is 0.358 e. The Balaban J connectivity index is 2.72. The van der Waals surface area contributed by atoms with Crippen LogP contribution in [0.2, 0.25) is 0 Å². The number of pyridine rings is 1. The van der Waals surface area contributed by atoms with Crippen molar-refractivity contribution in [2.45, 2.75) is 26.7 Å². The number of halogens is 1. The van der Waals surface area contributed by atoms with E-state index in [-0.39, 0.29) is 11.2 Å².